The van der Waals surface area contributed by atoms with Crippen LogP contribution in [0.15, 0.2) is 156 Å². The molecule has 6 aromatic carbocycles. The fraction of sp³-hybridized carbons (Fsp3) is 0. The summed E-state index contributed by atoms with van der Waals surface area (Å²) in [5, 5.41) is 6.82. The Bertz CT molecular complexity index is 2920. The van der Waals surface area contributed by atoms with Crippen molar-refractivity contribution in [3.8, 4) is 28.0 Å². The highest BCUT2D eigenvalue weighted by Gasteiger charge is 2.22. The van der Waals surface area contributed by atoms with Crippen molar-refractivity contribution in [2.75, 3.05) is 0 Å². The molecule has 1 aliphatic rings. The molecule has 10 rings (SSSR count). The van der Waals surface area contributed by atoms with Crippen LogP contribution < -0.4 is 10.3 Å². The quantitative estimate of drug-likeness (QED) is 0.185. The van der Waals surface area contributed by atoms with E-state index in [2.05, 4.69) is 67.2 Å². The van der Waals surface area contributed by atoms with Crippen molar-refractivity contribution in [2.24, 2.45) is 0 Å². The molecule has 0 bridgehead atoms. The minimum absolute atomic E-state index is 0.0191. The average molecular weight is 604 g/mol. The number of ether oxygens (including phenoxy) is 1. The van der Waals surface area contributed by atoms with Gasteiger partial charge in [0, 0.05) is 49.0 Å². The zero-order valence-electron chi connectivity index (χ0n) is 25.2. The van der Waals surface area contributed by atoms with Crippen molar-refractivity contribution in [2.45, 2.75) is 0 Å². The predicted molar refractivity (Wildman–Crippen MR) is 193 cm³/mol. The lowest BCUT2D eigenvalue weighted by atomic mass is 9.93. The van der Waals surface area contributed by atoms with Crippen molar-refractivity contribution in [1.82, 2.24) is 4.40 Å². The van der Waals surface area contributed by atoms with Gasteiger partial charge in [0.15, 0.2) is 0 Å². The van der Waals surface area contributed by atoms with Gasteiger partial charge in [-0.15, -0.1) is 0 Å². The van der Waals surface area contributed by atoms with Gasteiger partial charge < -0.3 is 9.15 Å². The van der Waals surface area contributed by atoms with Gasteiger partial charge in [-0.05, 0) is 64.6 Å². The van der Waals surface area contributed by atoms with E-state index < -0.39 is 0 Å². The molecule has 1 aliphatic heterocycles. The van der Waals surface area contributed by atoms with E-state index in [1.54, 1.807) is 6.26 Å². The second kappa shape index (κ2) is 9.56. The average Bonchev–Trinajstić information content (AvgIpc) is 3.65. The molecule has 220 valence electrons. The smallest absolute Gasteiger partial charge is 0.263 e. The zero-order valence-corrected chi connectivity index (χ0v) is 25.2. The molecule has 0 saturated heterocycles. The molecule has 0 atom stereocenters. The SMILES string of the molecule is C=C1/C=C\C=C/Oc2c1cccc2-c1cc2c3ccccc3c(=O)n3c4ccc(-c5cccc6c5oc5ccccc56)cc4c(c1)c23. The summed E-state index contributed by atoms with van der Waals surface area (Å²) in [7, 11) is 0. The van der Waals surface area contributed by atoms with Crippen LogP contribution in [0.1, 0.15) is 5.56 Å². The normalized spacial score (nSPS) is 14.6. The number of pyridine rings is 1. The minimum atomic E-state index is -0.0191. The molecule has 0 fully saturated rings. The summed E-state index contributed by atoms with van der Waals surface area (Å²) >= 11 is 0. The van der Waals surface area contributed by atoms with Crippen LogP contribution in [0.3, 0.4) is 0 Å². The third-order valence-electron chi connectivity index (χ3n) is 9.57. The summed E-state index contributed by atoms with van der Waals surface area (Å²) in [4.78, 5) is 14.2. The Kier molecular flexibility index (Phi) is 5.26. The standard InChI is InChI=1S/C43H25NO3/c1-25-10-6-7-21-46-41-28(25)14-8-16-30(41)27-23-36-31-11-2-3-13-34(31)43(45)44-38-20-19-26(22-35(38)37(24-27)40(36)44)29-15-9-17-33-32-12-4-5-18-39(32)47-42(29)33/h2-24H,1H2/b10-6-,21-7-. The van der Waals surface area contributed by atoms with Gasteiger partial charge in [-0.25, -0.2) is 0 Å². The van der Waals surface area contributed by atoms with Gasteiger partial charge in [-0.2, -0.15) is 0 Å². The molecular weight excluding hydrogens is 578 g/mol. The van der Waals surface area contributed by atoms with Crippen LogP contribution in [0.5, 0.6) is 5.75 Å². The Morgan fingerprint density at radius 3 is 2.17 bits per heavy atom. The van der Waals surface area contributed by atoms with Crippen LogP contribution in [0.4, 0.5) is 0 Å². The second-order valence-corrected chi connectivity index (χ2v) is 12.1. The van der Waals surface area contributed by atoms with E-state index >= 15 is 0 Å². The van der Waals surface area contributed by atoms with Gasteiger partial charge in [0.2, 0.25) is 0 Å². The highest BCUT2D eigenvalue weighted by atomic mass is 16.5. The predicted octanol–water partition coefficient (Wildman–Crippen LogP) is 10.9. The van der Waals surface area contributed by atoms with Crippen molar-refractivity contribution in [1.29, 1.82) is 0 Å². The van der Waals surface area contributed by atoms with Crippen LogP contribution in [-0.2, 0) is 0 Å². The monoisotopic (exact) mass is 603 g/mol. The van der Waals surface area contributed by atoms with Crippen LogP contribution in [-0.4, -0.2) is 4.40 Å². The number of rotatable bonds is 2. The van der Waals surface area contributed by atoms with Crippen LogP contribution in [0.25, 0.3) is 87.7 Å². The molecule has 0 unspecified atom stereocenters. The van der Waals surface area contributed by atoms with E-state index in [1.165, 1.54) is 0 Å². The number of furan rings is 1. The number of allylic oxidation sites excluding steroid dienone is 4. The first kappa shape index (κ1) is 25.9. The number of fused-ring (bicyclic) bond motifs is 9. The molecule has 4 heterocycles. The lowest BCUT2D eigenvalue weighted by Gasteiger charge is -2.16. The van der Waals surface area contributed by atoms with E-state index in [9.17, 15) is 4.79 Å². The Hall–Kier alpha value is -6.39. The van der Waals surface area contributed by atoms with E-state index in [1.807, 2.05) is 77.2 Å². The number of hydrogen-bond donors (Lipinski definition) is 0. The fourth-order valence-corrected chi connectivity index (χ4v) is 7.44. The zero-order chi connectivity index (χ0) is 31.2. The molecule has 0 aliphatic carbocycles. The first-order chi connectivity index (χ1) is 23.2. The number of nitrogens with zero attached hydrogens (tertiary/aromatic N) is 1. The maximum absolute atomic E-state index is 14.2. The van der Waals surface area contributed by atoms with Crippen molar-refractivity contribution in [3.63, 3.8) is 0 Å². The summed E-state index contributed by atoms with van der Waals surface area (Å²) < 4.78 is 14.6. The van der Waals surface area contributed by atoms with E-state index in [0.717, 1.165) is 93.7 Å². The van der Waals surface area contributed by atoms with Crippen molar-refractivity contribution >= 4 is 65.5 Å². The highest BCUT2D eigenvalue weighted by molar-refractivity contribution is 6.22. The first-order valence-corrected chi connectivity index (χ1v) is 15.7. The maximum Gasteiger partial charge on any atom is 0.263 e. The maximum atomic E-state index is 14.2. The van der Waals surface area contributed by atoms with Crippen molar-refractivity contribution in [3.05, 3.63) is 162 Å². The summed E-state index contributed by atoms with van der Waals surface area (Å²) in [6.07, 6.45) is 7.50. The summed E-state index contributed by atoms with van der Waals surface area (Å²) in [5.41, 5.74) is 9.31. The highest BCUT2D eigenvalue weighted by Crippen LogP contribution is 2.44. The number of benzene rings is 6. The Labute approximate surface area is 268 Å². The Balaban J connectivity index is 1.32. The molecule has 9 aromatic rings. The summed E-state index contributed by atoms with van der Waals surface area (Å²) in [6.45, 7) is 4.29. The minimum Gasteiger partial charge on any atom is -0.464 e. The summed E-state index contributed by atoms with van der Waals surface area (Å²) in [5.74, 6) is 0.755. The largest absolute Gasteiger partial charge is 0.464 e. The fourth-order valence-electron chi connectivity index (χ4n) is 7.44. The first-order valence-electron chi connectivity index (χ1n) is 15.7. The van der Waals surface area contributed by atoms with E-state index in [-0.39, 0.29) is 5.56 Å². The molecule has 0 saturated carbocycles. The molecular formula is C43H25NO3. The van der Waals surface area contributed by atoms with Gasteiger partial charge in [0.1, 0.15) is 16.9 Å². The van der Waals surface area contributed by atoms with Crippen LogP contribution >= 0.6 is 0 Å². The van der Waals surface area contributed by atoms with Gasteiger partial charge in [0.05, 0.1) is 17.3 Å². The lowest BCUT2D eigenvalue weighted by Crippen LogP contribution is -2.12. The molecule has 0 spiro atoms. The van der Waals surface area contributed by atoms with Gasteiger partial charge in [0.25, 0.3) is 5.56 Å². The van der Waals surface area contributed by atoms with Crippen molar-refractivity contribution < 1.29 is 9.15 Å². The third-order valence-corrected chi connectivity index (χ3v) is 9.57. The second-order valence-electron chi connectivity index (χ2n) is 12.1. The molecule has 4 nitrogen and oxygen atoms in total. The molecule has 0 N–H and O–H groups in total. The van der Waals surface area contributed by atoms with Crippen LogP contribution in [0, 0.1) is 0 Å². The third kappa shape index (κ3) is 3.61. The van der Waals surface area contributed by atoms with Gasteiger partial charge in [-0.1, -0.05) is 97.6 Å². The molecule has 3 aromatic heterocycles. The number of para-hydroxylation sites is 3. The molecule has 4 heteroatoms. The van der Waals surface area contributed by atoms with E-state index in [0.29, 0.717) is 5.39 Å². The molecule has 0 amide bonds. The summed E-state index contributed by atoms with van der Waals surface area (Å²) in [6, 6.07) is 39.3. The Morgan fingerprint density at radius 1 is 0.574 bits per heavy atom. The van der Waals surface area contributed by atoms with E-state index in [4.69, 9.17) is 9.15 Å². The topological polar surface area (TPSA) is 43.9 Å². The molecule has 47 heavy (non-hydrogen) atoms. The van der Waals surface area contributed by atoms with Gasteiger partial charge >= 0.3 is 0 Å². The lowest BCUT2D eigenvalue weighted by molar-refractivity contribution is 0.481. The number of aromatic nitrogens is 1. The Morgan fingerprint density at radius 2 is 1.28 bits per heavy atom. The number of hydrogen-bond acceptors (Lipinski definition) is 3. The molecule has 0 radical (unpaired) electrons. The van der Waals surface area contributed by atoms with Crippen LogP contribution in [0.2, 0.25) is 0 Å². The van der Waals surface area contributed by atoms with Gasteiger partial charge in [-0.3, -0.25) is 9.20 Å².